The summed E-state index contributed by atoms with van der Waals surface area (Å²) in [7, 11) is 0. The van der Waals surface area contributed by atoms with Crippen LogP contribution in [0.25, 0.3) is 0 Å². The minimum atomic E-state index is 0.342. The lowest BCUT2D eigenvalue weighted by molar-refractivity contribution is -0.0156. The number of allylic oxidation sites excluding steroid dienone is 6. The molecular formula is C24H35N. The molecule has 0 bridgehead atoms. The van der Waals surface area contributed by atoms with E-state index in [0.29, 0.717) is 16.5 Å². The van der Waals surface area contributed by atoms with Gasteiger partial charge in [0.2, 0.25) is 0 Å². The van der Waals surface area contributed by atoms with Crippen LogP contribution in [-0.4, -0.2) is 5.71 Å². The maximum atomic E-state index is 7.93. The summed E-state index contributed by atoms with van der Waals surface area (Å²) in [5, 5.41) is 7.93. The number of fused-ring (bicyclic) bond motifs is 5. The maximum absolute atomic E-state index is 7.93. The second-order valence-corrected chi connectivity index (χ2v) is 9.77. The van der Waals surface area contributed by atoms with Gasteiger partial charge in [-0.2, -0.15) is 0 Å². The standard InChI is InChI=1S/C24H35N/c1-16(17(2)25)15-19-9-11-21-20-10-8-18-7-5-6-13-23(18,3)22(20)12-14-24(19,21)4/h8-9,15,20-22,25H,5-7,10-14H2,1-4H3/t20?,21?,22?,23-,24+/m0/s1. The predicted molar refractivity (Wildman–Crippen MR) is 107 cm³/mol. The Hall–Kier alpha value is -1.11. The van der Waals surface area contributed by atoms with Gasteiger partial charge in [-0.3, -0.25) is 0 Å². The Kier molecular flexibility index (Phi) is 4.13. The van der Waals surface area contributed by atoms with Crippen LogP contribution in [0.3, 0.4) is 0 Å². The van der Waals surface area contributed by atoms with Gasteiger partial charge in [0.15, 0.2) is 0 Å². The van der Waals surface area contributed by atoms with Crippen molar-refractivity contribution in [1.82, 2.24) is 0 Å². The summed E-state index contributed by atoms with van der Waals surface area (Å²) in [5.74, 6) is 2.59. The first-order valence-electron chi connectivity index (χ1n) is 10.5. The van der Waals surface area contributed by atoms with E-state index in [4.69, 9.17) is 5.41 Å². The van der Waals surface area contributed by atoms with Gasteiger partial charge in [-0.25, -0.2) is 0 Å². The smallest absolute Gasteiger partial charge is 0.0312 e. The number of hydrogen-bond acceptors (Lipinski definition) is 1. The molecule has 4 aliphatic rings. The number of hydrogen-bond donors (Lipinski definition) is 1. The molecule has 0 spiro atoms. The van der Waals surface area contributed by atoms with Gasteiger partial charge < -0.3 is 5.41 Å². The van der Waals surface area contributed by atoms with Crippen LogP contribution in [0, 0.1) is 34.0 Å². The van der Waals surface area contributed by atoms with Gasteiger partial charge in [0.1, 0.15) is 0 Å². The summed E-state index contributed by atoms with van der Waals surface area (Å²) in [6, 6.07) is 0. The summed E-state index contributed by atoms with van der Waals surface area (Å²) in [6.07, 6.45) is 18.5. The van der Waals surface area contributed by atoms with E-state index in [1.807, 2.05) is 12.5 Å². The summed E-state index contributed by atoms with van der Waals surface area (Å²) in [5.41, 5.74) is 6.03. The fourth-order valence-electron chi connectivity index (χ4n) is 6.86. The van der Waals surface area contributed by atoms with Crippen molar-refractivity contribution in [2.45, 2.75) is 79.1 Å². The van der Waals surface area contributed by atoms with Crippen molar-refractivity contribution in [2.75, 3.05) is 0 Å². The van der Waals surface area contributed by atoms with Gasteiger partial charge in [0.25, 0.3) is 0 Å². The molecule has 1 N–H and O–H groups in total. The molecule has 136 valence electrons. The first-order chi connectivity index (χ1) is 11.9. The van der Waals surface area contributed by atoms with Crippen molar-refractivity contribution in [1.29, 1.82) is 5.41 Å². The molecule has 4 aliphatic carbocycles. The maximum Gasteiger partial charge on any atom is 0.0312 e. The molecule has 0 aromatic carbocycles. The average Bonchev–Trinajstić information content (AvgIpc) is 2.91. The van der Waals surface area contributed by atoms with Crippen LogP contribution in [0.15, 0.2) is 34.9 Å². The lowest BCUT2D eigenvalue weighted by Crippen LogP contribution is -2.48. The fraction of sp³-hybridized carbons (Fsp3) is 0.708. The largest absolute Gasteiger partial charge is 0.305 e. The molecule has 0 aromatic heterocycles. The van der Waals surface area contributed by atoms with E-state index >= 15 is 0 Å². The summed E-state index contributed by atoms with van der Waals surface area (Å²) in [4.78, 5) is 0. The van der Waals surface area contributed by atoms with E-state index < -0.39 is 0 Å². The molecule has 0 heterocycles. The Balaban J connectivity index is 1.64. The minimum absolute atomic E-state index is 0.342. The van der Waals surface area contributed by atoms with Crippen molar-refractivity contribution < 1.29 is 0 Å². The third-order valence-electron chi connectivity index (χ3n) is 8.62. The molecule has 0 aromatic rings. The van der Waals surface area contributed by atoms with E-state index in [-0.39, 0.29) is 0 Å². The molecule has 1 nitrogen and oxygen atoms in total. The highest BCUT2D eigenvalue weighted by Gasteiger charge is 2.55. The van der Waals surface area contributed by atoms with Crippen LogP contribution in [0.2, 0.25) is 0 Å². The minimum Gasteiger partial charge on any atom is -0.305 e. The second kappa shape index (κ2) is 5.96. The highest BCUT2D eigenvalue weighted by molar-refractivity contribution is 5.95. The van der Waals surface area contributed by atoms with Crippen molar-refractivity contribution >= 4 is 5.71 Å². The molecule has 0 radical (unpaired) electrons. The van der Waals surface area contributed by atoms with E-state index in [9.17, 15) is 0 Å². The Morgan fingerprint density at radius 3 is 2.60 bits per heavy atom. The summed E-state index contributed by atoms with van der Waals surface area (Å²) < 4.78 is 0. The van der Waals surface area contributed by atoms with Crippen molar-refractivity contribution in [2.24, 2.45) is 28.6 Å². The van der Waals surface area contributed by atoms with E-state index in [1.165, 1.54) is 56.9 Å². The topological polar surface area (TPSA) is 23.9 Å². The monoisotopic (exact) mass is 337 g/mol. The molecule has 0 amide bonds. The highest BCUT2D eigenvalue weighted by atomic mass is 14.6. The van der Waals surface area contributed by atoms with Crippen LogP contribution in [0.5, 0.6) is 0 Å². The van der Waals surface area contributed by atoms with E-state index in [1.54, 1.807) is 0 Å². The quantitative estimate of drug-likeness (QED) is 0.420. The molecule has 25 heavy (non-hydrogen) atoms. The van der Waals surface area contributed by atoms with Crippen molar-refractivity contribution in [3.05, 3.63) is 34.9 Å². The molecule has 0 aliphatic heterocycles. The zero-order valence-corrected chi connectivity index (χ0v) is 16.6. The van der Waals surface area contributed by atoms with Crippen LogP contribution < -0.4 is 0 Å². The molecule has 5 atom stereocenters. The number of nitrogens with one attached hydrogen (secondary N) is 1. The molecule has 1 heteroatoms. The normalized spacial score (nSPS) is 43.5. The van der Waals surface area contributed by atoms with Crippen LogP contribution in [0.4, 0.5) is 0 Å². The Morgan fingerprint density at radius 1 is 1.04 bits per heavy atom. The van der Waals surface area contributed by atoms with Gasteiger partial charge in [-0.05, 0) is 98.5 Å². The predicted octanol–water partition coefficient (Wildman–Crippen LogP) is 6.86. The first-order valence-corrected chi connectivity index (χ1v) is 10.5. The zero-order valence-electron chi connectivity index (χ0n) is 16.6. The summed E-state index contributed by atoms with van der Waals surface area (Å²) >= 11 is 0. The van der Waals surface area contributed by atoms with Crippen molar-refractivity contribution in [3.63, 3.8) is 0 Å². The Bertz CT molecular complexity index is 678. The fourth-order valence-corrected chi connectivity index (χ4v) is 6.86. The Morgan fingerprint density at radius 2 is 1.84 bits per heavy atom. The van der Waals surface area contributed by atoms with E-state index in [0.717, 1.165) is 23.3 Å². The molecule has 2 fully saturated rings. The number of rotatable bonds is 2. The molecular weight excluding hydrogens is 302 g/mol. The molecule has 0 saturated heterocycles. The molecule has 3 unspecified atom stereocenters. The third-order valence-corrected chi connectivity index (χ3v) is 8.62. The zero-order chi connectivity index (χ0) is 17.8. The van der Waals surface area contributed by atoms with Crippen LogP contribution in [-0.2, 0) is 0 Å². The van der Waals surface area contributed by atoms with Gasteiger partial charge in [0.05, 0.1) is 0 Å². The second-order valence-electron chi connectivity index (χ2n) is 9.77. The molecule has 2 saturated carbocycles. The first kappa shape index (κ1) is 17.3. The highest BCUT2D eigenvalue weighted by Crippen LogP contribution is 2.65. The Labute approximate surface area is 154 Å². The van der Waals surface area contributed by atoms with Crippen LogP contribution in [0.1, 0.15) is 79.1 Å². The van der Waals surface area contributed by atoms with Crippen molar-refractivity contribution in [3.8, 4) is 0 Å². The van der Waals surface area contributed by atoms with Gasteiger partial charge >= 0.3 is 0 Å². The van der Waals surface area contributed by atoms with E-state index in [2.05, 4.69) is 39.0 Å². The average molecular weight is 338 g/mol. The SMILES string of the molecule is CC(=N)C(C)=CC1=CCC2C3CC=C4CCCC[C@]4(C)C3CC[C@]12C. The third kappa shape index (κ3) is 2.53. The lowest BCUT2D eigenvalue weighted by atomic mass is 9.47. The lowest BCUT2D eigenvalue weighted by Gasteiger charge is -2.57. The van der Waals surface area contributed by atoms with Crippen LogP contribution >= 0.6 is 0 Å². The summed E-state index contributed by atoms with van der Waals surface area (Å²) in [6.45, 7) is 9.14. The molecule has 4 rings (SSSR count). The van der Waals surface area contributed by atoms with Gasteiger partial charge in [-0.15, -0.1) is 0 Å². The van der Waals surface area contributed by atoms with Gasteiger partial charge in [0, 0.05) is 5.71 Å². The van der Waals surface area contributed by atoms with Gasteiger partial charge in [-0.1, -0.05) is 44.1 Å².